The van der Waals surface area contributed by atoms with Crippen molar-refractivity contribution >= 4 is 34.2 Å². The average molecular weight is 924 g/mol. The molecule has 0 aromatic heterocycles. The maximum Gasteiger partial charge on any atom is 0.506 e. The van der Waals surface area contributed by atoms with Crippen molar-refractivity contribution in [3.8, 4) is 0 Å². The molecule has 3 fully saturated rings. The Hall–Kier alpha value is 0.281. The molecule has 0 bridgehead atoms. The molecule has 3 heterocycles. The van der Waals surface area contributed by atoms with E-state index in [1.54, 1.807) is 0 Å². The van der Waals surface area contributed by atoms with E-state index >= 15 is 0 Å². The van der Waals surface area contributed by atoms with Crippen molar-refractivity contribution in [2.24, 2.45) is 0 Å². The van der Waals surface area contributed by atoms with Crippen LogP contribution in [-0.4, -0.2) is 179 Å². The van der Waals surface area contributed by atoms with Crippen LogP contribution >= 0.6 is 7.82 Å². The fraction of sp³-hybridized carbons (Fsp3) is 1.00. The Kier molecular flexibility index (Phi) is 31.4. The van der Waals surface area contributed by atoms with Crippen LogP contribution in [0.25, 0.3) is 0 Å². The lowest BCUT2D eigenvalue weighted by Gasteiger charge is -2.36. The molecule has 0 radical (unpaired) electrons. The summed E-state index contributed by atoms with van der Waals surface area (Å²) in [5.74, 6) is 0. The first-order chi connectivity index (χ1) is 27.8. The van der Waals surface area contributed by atoms with E-state index in [1.807, 2.05) is 62.3 Å². The predicted molar refractivity (Wildman–Crippen MR) is 234 cm³/mol. The zero-order chi connectivity index (χ0) is 45.0. The van der Waals surface area contributed by atoms with Crippen LogP contribution in [0.3, 0.4) is 0 Å². The van der Waals surface area contributed by atoms with Gasteiger partial charge in [-0.25, -0.2) is 0 Å². The van der Waals surface area contributed by atoms with Crippen LogP contribution in [0.5, 0.6) is 0 Å². The highest BCUT2D eigenvalue weighted by Gasteiger charge is 2.45. The molecule has 0 spiro atoms. The highest BCUT2D eigenvalue weighted by Crippen LogP contribution is 2.25. The van der Waals surface area contributed by atoms with E-state index in [0.29, 0.717) is 59.5 Å². The zero-order valence-electron chi connectivity index (χ0n) is 39.7. The van der Waals surface area contributed by atoms with Gasteiger partial charge in [-0.2, -0.15) is 7.82 Å². The lowest BCUT2D eigenvalue weighted by atomic mass is 10.4. The second-order valence-electron chi connectivity index (χ2n) is 16.1. The largest absolute Gasteiger partial charge is 0.822 e. The Morgan fingerprint density at radius 1 is 0.373 bits per heavy atom. The third-order valence-electron chi connectivity index (χ3n) is 11.1. The molecule has 59 heavy (non-hydrogen) atoms. The molecule has 0 atom stereocenters. The molecule has 3 saturated heterocycles. The Labute approximate surface area is 364 Å². The van der Waals surface area contributed by atoms with Crippen LogP contribution in [0.4, 0.5) is 0 Å². The molecular weight excluding hydrogens is 834 g/mol. The SMILES string of the molecule is CCO[Si](CC[N+]1(C)CCCC1)(OCC)OCC.CCO[Si](CC[N+]1(C)CCCC1)(OCC)OCC.CCO[Si](CC[N+]1(C)CCCC1)(OCC)OCC.O=P([O-])([O-])[O-]. The lowest BCUT2D eigenvalue weighted by molar-refractivity contribution is -0.895. The van der Waals surface area contributed by atoms with Gasteiger partial charge < -0.3 is 72.5 Å². The third kappa shape index (κ3) is 26.0. The second kappa shape index (κ2) is 31.2. The number of phosphoric acid groups is 1. The summed E-state index contributed by atoms with van der Waals surface area (Å²) in [5, 5.41) is 0. The summed E-state index contributed by atoms with van der Waals surface area (Å²) in [4.78, 5) is 25.6. The van der Waals surface area contributed by atoms with Crippen molar-refractivity contribution in [1.29, 1.82) is 0 Å². The molecule has 356 valence electrons. The molecule has 3 aliphatic rings. The van der Waals surface area contributed by atoms with Crippen molar-refractivity contribution < 1.29 is 72.5 Å². The van der Waals surface area contributed by atoms with Gasteiger partial charge in [0.05, 0.1) is 98.2 Å². The number of nitrogens with zero attached hydrogens (tertiary/aromatic N) is 3. The molecule has 0 aliphatic carbocycles. The first-order valence-electron chi connectivity index (χ1n) is 22.8. The molecule has 3 rings (SSSR count). The second-order valence-corrected chi connectivity index (χ2v) is 25.2. The topological polar surface area (TPSA) is 169 Å². The van der Waals surface area contributed by atoms with E-state index in [2.05, 4.69) is 21.1 Å². The van der Waals surface area contributed by atoms with Crippen LogP contribution in [0.15, 0.2) is 0 Å². The van der Waals surface area contributed by atoms with E-state index in [4.69, 9.17) is 59.1 Å². The smallest absolute Gasteiger partial charge is 0.506 e. The summed E-state index contributed by atoms with van der Waals surface area (Å²) in [6, 6.07) is 2.83. The summed E-state index contributed by atoms with van der Waals surface area (Å²) >= 11 is 0. The zero-order valence-corrected chi connectivity index (χ0v) is 43.6. The quantitative estimate of drug-likeness (QED) is 0.0660. The third-order valence-corrected chi connectivity index (χ3v) is 20.2. The van der Waals surface area contributed by atoms with E-state index in [-0.39, 0.29) is 0 Å². The van der Waals surface area contributed by atoms with E-state index in [1.165, 1.54) is 77.8 Å². The fourth-order valence-corrected chi connectivity index (χ4v) is 16.6. The monoisotopic (exact) mass is 924 g/mol. The van der Waals surface area contributed by atoms with E-state index in [0.717, 1.165) is 51.2 Å². The lowest BCUT2D eigenvalue weighted by Crippen LogP contribution is -2.51. The fourth-order valence-electron chi connectivity index (χ4n) is 8.19. The molecule has 0 aromatic rings. The maximum atomic E-state index is 8.55. The van der Waals surface area contributed by atoms with Gasteiger partial charge in [-0.15, -0.1) is 0 Å². The number of rotatable bonds is 27. The Morgan fingerprint density at radius 2 is 0.508 bits per heavy atom. The summed E-state index contributed by atoms with van der Waals surface area (Å²) < 4.78 is 65.1. The molecule has 0 aromatic carbocycles. The molecule has 0 saturated carbocycles. The van der Waals surface area contributed by atoms with Crippen molar-refractivity contribution in [3.63, 3.8) is 0 Å². The van der Waals surface area contributed by atoms with Gasteiger partial charge in [-0.05, 0) is 62.3 Å². The maximum absolute atomic E-state index is 8.55. The van der Waals surface area contributed by atoms with Gasteiger partial charge in [0.25, 0.3) is 0 Å². The highest BCUT2D eigenvalue weighted by atomic mass is 31.2. The van der Waals surface area contributed by atoms with Crippen molar-refractivity contribution in [2.45, 2.75) is 119 Å². The molecule has 0 amide bonds. The molecule has 20 heteroatoms. The number of hydrogen-bond acceptors (Lipinski definition) is 13. The van der Waals surface area contributed by atoms with Gasteiger partial charge in [-0.1, -0.05) is 0 Å². The highest BCUT2D eigenvalue weighted by molar-refractivity contribution is 7.40. The Morgan fingerprint density at radius 3 is 0.627 bits per heavy atom. The standard InChI is InChI=1S/3C13H30NO3Si.H3O4P/c3*1-5-15-18(16-6-2,17-7-3)13-12-14(4)10-8-9-11-14;1-5(2,3)4/h3*5-13H2,1-4H3;(H3,1,2,3,4)/q3*+1;/p-3. The van der Waals surface area contributed by atoms with Gasteiger partial charge in [0.15, 0.2) is 0 Å². The van der Waals surface area contributed by atoms with Crippen LogP contribution in [0.2, 0.25) is 18.1 Å². The minimum absolute atomic E-state index is 0.677. The molecular formula is C39H90N3O13PSi3. The van der Waals surface area contributed by atoms with Crippen LogP contribution in [-0.2, 0) is 44.4 Å². The van der Waals surface area contributed by atoms with Crippen LogP contribution in [0.1, 0.15) is 101 Å². The van der Waals surface area contributed by atoms with Gasteiger partial charge in [0.2, 0.25) is 0 Å². The Bertz CT molecular complexity index is 911. The molecule has 3 aliphatic heterocycles. The van der Waals surface area contributed by atoms with Gasteiger partial charge in [-0.3, -0.25) is 0 Å². The van der Waals surface area contributed by atoms with Gasteiger partial charge in [0.1, 0.15) is 0 Å². The normalized spacial score (nSPS) is 18.7. The Balaban J connectivity index is 0.000000807. The van der Waals surface area contributed by atoms with Crippen LogP contribution < -0.4 is 14.7 Å². The van der Waals surface area contributed by atoms with Gasteiger partial charge >= 0.3 is 26.4 Å². The summed E-state index contributed by atoms with van der Waals surface area (Å²) in [6.07, 6.45) is 8.10. The molecule has 16 nitrogen and oxygen atoms in total. The summed E-state index contributed by atoms with van der Waals surface area (Å²) in [5.41, 5.74) is 0. The van der Waals surface area contributed by atoms with Crippen molar-refractivity contribution in [1.82, 2.24) is 0 Å². The summed E-state index contributed by atoms with van der Waals surface area (Å²) in [7, 11) is -5.64. The van der Waals surface area contributed by atoms with Crippen molar-refractivity contribution in [3.05, 3.63) is 0 Å². The predicted octanol–water partition coefficient (Wildman–Crippen LogP) is 4.00. The first-order valence-corrected chi connectivity index (χ1v) is 30.0. The molecule has 0 unspecified atom stereocenters. The van der Waals surface area contributed by atoms with E-state index in [9.17, 15) is 0 Å². The average Bonchev–Trinajstić information content (AvgIpc) is 3.92. The van der Waals surface area contributed by atoms with E-state index < -0.39 is 34.2 Å². The van der Waals surface area contributed by atoms with Crippen molar-refractivity contribution in [2.75, 3.05) is 140 Å². The van der Waals surface area contributed by atoms with Gasteiger partial charge in [0, 0.05) is 98.0 Å². The van der Waals surface area contributed by atoms with Crippen LogP contribution in [0, 0.1) is 0 Å². The number of quaternary nitrogens is 3. The summed E-state index contributed by atoms with van der Waals surface area (Å²) in [6.45, 7) is 35.3. The minimum atomic E-state index is -5.39. The minimum Gasteiger partial charge on any atom is -0.822 e. The number of hydrogen-bond donors (Lipinski definition) is 0. The first kappa shape index (κ1) is 59.3. The molecule has 0 N–H and O–H groups in total. The number of likely N-dealkylation sites (tertiary alicyclic amines) is 3.